The predicted octanol–water partition coefficient (Wildman–Crippen LogP) is 3.72. The summed E-state index contributed by atoms with van der Waals surface area (Å²) in [6, 6.07) is 9.90. The van der Waals surface area contributed by atoms with E-state index in [9.17, 15) is 9.50 Å². The second-order valence-corrected chi connectivity index (χ2v) is 5.71. The summed E-state index contributed by atoms with van der Waals surface area (Å²) in [4.78, 5) is 4.34. The van der Waals surface area contributed by atoms with Gasteiger partial charge in [0.05, 0.1) is 17.7 Å². The lowest BCUT2D eigenvalue weighted by molar-refractivity contribution is 0.105. The van der Waals surface area contributed by atoms with Gasteiger partial charge in [-0.3, -0.25) is 4.99 Å². The van der Waals surface area contributed by atoms with Crippen molar-refractivity contribution in [2.45, 2.75) is 19.4 Å². The normalized spacial score (nSPS) is 22.4. The molecular formula is C19H20FNO2. The van der Waals surface area contributed by atoms with Crippen LogP contribution < -0.4 is 0 Å². The number of rotatable bonds is 7. The van der Waals surface area contributed by atoms with Crippen LogP contribution in [0.3, 0.4) is 0 Å². The van der Waals surface area contributed by atoms with E-state index in [1.54, 1.807) is 12.3 Å². The molecule has 0 spiro atoms. The first-order chi connectivity index (χ1) is 11.3. The molecule has 1 unspecified atom stereocenters. The minimum absolute atomic E-state index is 0.0156. The van der Waals surface area contributed by atoms with Crippen LogP contribution in [0.4, 0.5) is 4.39 Å². The number of hydrogen-bond acceptors (Lipinski definition) is 3. The molecule has 120 valence electrons. The van der Waals surface area contributed by atoms with Gasteiger partial charge in [-0.05, 0) is 36.1 Å². The SMILES string of the molecule is OCCC1=CN=C2C=CC=C(F)C12CCOCc1ccccc1. The Morgan fingerprint density at radius 1 is 1.22 bits per heavy atom. The lowest BCUT2D eigenvalue weighted by Crippen LogP contribution is -2.34. The molecule has 1 aromatic rings. The van der Waals surface area contributed by atoms with Gasteiger partial charge in [0.25, 0.3) is 0 Å². The van der Waals surface area contributed by atoms with Crippen molar-refractivity contribution in [1.82, 2.24) is 0 Å². The molecule has 1 heterocycles. The van der Waals surface area contributed by atoms with Gasteiger partial charge < -0.3 is 9.84 Å². The first-order valence-electron chi connectivity index (χ1n) is 7.82. The van der Waals surface area contributed by atoms with Crippen molar-refractivity contribution in [2.24, 2.45) is 10.4 Å². The summed E-state index contributed by atoms with van der Waals surface area (Å²) in [6.07, 6.45) is 7.57. The molecule has 0 fully saturated rings. The molecule has 1 atom stereocenters. The Kier molecular flexibility index (Phi) is 4.84. The van der Waals surface area contributed by atoms with Gasteiger partial charge in [0.15, 0.2) is 0 Å². The lowest BCUT2D eigenvalue weighted by Gasteiger charge is -2.33. The van der Waals surface area contributed by atoms with Crippen LogP contribution in [0.2, 0.25) is 0 Å². The molecule has 1 aliphatic carbocycles. The van der Waals surface area contributed by atoms with Gasteiger partial charge in [0, 0.05) is 19.4 Å². The Balaban J connectivity index is 1.67. The molecule has 3 rings (SSSR count). The molecule has 0 amide bonds. The minimum Gasteiger partial charge on any atom is -0.396 e. The van der Waals surface area contributed by atoms with E-state index in [0.29, 0.717) is 31.8 Å². The summed E-state index contributed by atoms with van der Waals surface area (Å²) in [5.41, 5.74) is 1.76. The number of aliphatic hydroxyl groups excluding tert-OH is 1. The van der Waals surface area contributed by atoms with Crippen molar-refractivity contribution in [3.05, 3.63) is 71.7 Å². The molecule has 0 radical (unpaired) electrons. The van der Waals surface area contributed by atoms with Gasteiger partial charge in [0.1, 0.15) is 5.83 Å². The van der Waals surface area contributed by atoms with Crippen molar-refractivity contribution in [3.63, 3.8) is 0 Å². The number of halogens is 1. The molecular weight excluding hydrogens is 293 g/mol. The standard InChI is InChI=1S/C19H20FNO2/c20-17-7-4-8-18-19(17,16(9-11-22)13-21-18)10-12-23-14-15-5-2-1-3-6-15/h1-8,13,22H,9-12,14H2. The molecule has 0 saturated heterocycles. The average molecular weight is 313 g/mol. The maximum Gasteiger partial charge on any atom is 0.116 e. The van der Waals surface area contributed by atoms with Crippen LogP contribution in [-0.2, 0) is 11.3 Å². The summed E-state index contributed by atoms with van der Waals surface area (Å²) in [6.45, 7) is 0.910. The highest BCUT2D eigenvalue weighted by atomic mass is 19.1. The monoisotopic (exact) mass is 313 g/mol. The van der Waals surface area contributed by atoms with E-state index in [1.165, 1.54) is 6.08 Å². The van der Waals surface area contributed by atoms with Gasteiger partial charge in [-0.2, -0.15) is 0 Å². The van der Waals surface area contributed by atoms with Crippen LogP contribution in [0.15, 0.2) is 71.2 Å². The summed E-state index contributed by atoms with van der Waals surface area (Å²) in [5.74, 6) is -0.223. The number of aliphatic imine (C=N–C) groups is 1. The predicted molar refractivity (Wildman–Crippen MR) is 88.7 cm³/mol. The topological polar surface area (TPSA) is 41.8 Å². The number of ether oxygens (including phenoxy) is 1. The van der Waals surface area contributed by atoms with Crippen molar-refractivity contribution in [3.8, 4) is 0 Å². The number of nitrogens with zero attached hydrogens (tertiary/aromatic N) is 1. The summed E-state index contributed by atoms with van der Waals surface area (Å²) >= 11 is 0. The first kappa shape index (κ1) is 15.8. The van der Waals surface area contributed by atoms with E-state index in [2.05, 4.69) is 4.99 Å². The number of hydrogen-bond donors (Lipinski definition) is 1. The summed E-state index contributed by atoms with van der Waals surface area (Å²) in [7, 11) is 0. The van der Waals surface area contributed by atoms with Crippen LogP contribution in [0.25, 0.3) is 0 Å². The molecule has 0 saturated carbocycles. The zero-order valence-corrected chi connectivity index (χ0v) is 12.9. The zero-order valence-electron chi connectivity index (χ0n) is 12.9. The number of fused-ring (bicyclic) bond motifs is 1. The van der Waals surface area contributed by atoms with Gasteiger partial charge in [-0.25, -0.2) is 4.39 Å². The Morgan fingerprint density at radius 3 is 2.83 bits per heavy atom. The highest BCUT2D eigenvalue weighted by Gasteiger charge is 2.45. The maximum absolute atomic E-state index is 14.7. The fourth-order valence-corrected chi connectivity index (χ4v) is 3.16. The van der Waals surface area contributed by atoms with E-state index < -0.39 is 5.41 Å². The van der Waals surface area contributed by atoms with Crippen LogP contribution in [0.1, 0.15) is 18.4 Å². The molecule has 1 aliphatic heterocycles. The van der Waals surface area contributed by atoms with Gasteiger partial charge in [-0.1, -0.05) is 36.4 Å². The molecule has 3 nitrogen and oxygen atoms in total. The fraction of sp³-hybridized carbons (Fsp3) is 0.316. The van der Waals surface area contributed by atoms with Gasteiger partial charge in [-0.15, -0.1) is 0 Å². The lowest BCUT2D eigenvalue weighted by atomic mass is 9.71. The molecule has 1 aromatic carbocycles. The Morgan fingerprint density at radius 2 is 2.04 bits per heavy atom. The second-order valence-electron chi connectivity index (χ2n) is 5.71. The number of benzene rings is 1. The summed E-state index contributed by atoms with van der Waals surface area (Å²) < 4.78 is 20.4. The Hall–Kier alpha value is -2.04. The first-order valence-corrected chi connectivity index (χ1v) is 7.82. The van der Waals surface area contributed by atoms with Crippen molar-refractivity contribution in [2.75, 3.05) is 13.2 Å². The van der Waals surface area contributed by atoms with Gasteiger partial charge >= 0.3 is 0 Å². The molecule has 4 heteroatoms. The van der Waals surface area contributed by atoms with Gasteiger partial charge in [0.2, 0.25) is 0 Å². The van der Waals surface area contributed by atoms with Crippen LogP contribution in [-0.4, -0.2) is 24.0 Å². The van der Waals surface area contributed by atoms with E-state index >= 15 is 0 Å². The second kappa shape index (κ2) is 7.02. The minimum atomic E-state index is -0.853. The molecule has 23 heavy (non-hydrogen) atoms. The zero-order chi connectivity index (χ0) is 16.1. The van der Waals surface area contributed by atoms with E-state index in [1.807, 2.05) is 36.4 Å². The van der Waals surface area contributed by atoms with Crippen molar-refractivity contribution < 1.29 is 14.2 Å². The molecule has 0 aromatic heterocycles. The van der Waals surface area contributed by atoms with E-state index in [-0.39, 0.29) is 12.4 Å². The molecule has 2 aliphatic rings. The smallest absolute Gasteiger partial charge is 0.116 e. The highest BCUT2D eigenvalue weighted by Crippen LogP contribution is 2.48. The Labute approximate surface area is 135 Å². The molecule has 1 N–H and O–H groups in total. The van der Waals surface area contributed by atoms with Crippen LogP contribution >= 0.6 is 0 Å². The largest absolute Gasteiger partial charge is 0.396 e. The fourth-order valence-electron chi connectivity index (χ4n) is 3.16. The maximum atomic E-state index is 14.7. The third-order valence-corrected chi connectivity index (χ3v) is 4.36. The average Bonchev–Trinajstić information content (AvgIpc) is 2.93. The number of aliphatic hydroxyl groups is 1. The van der Waals surface area contributed by atoms with Crippen molar-refractivity contribution in [1.29, 1.82) is 0 Å². The van der Waals surface area contributed by atoms with E-state index in [0.717, 1.165) is 11.1 Å². The quantitative estimate of drug-likeness (QED) is 0.779. The molecule has 0 bridgehead atoms. The van der Waals surface area contributed by atoms with Crippen molar-refractivity contribution >= 4 is 5.71 Å². The van der Waals surface area contributed by atoms with Crippen LogP contribution in [0.5, 0.6) is 0 Å². The third-order valence-electron chi connectivity index (χ3n) is 4.36. The summed E-state index contributed by atoms with van der Waals surface area (Å²) in [5, 5.41) is 9.25. The highest BCUT2D eigenvalue weighted by molar-refractivity contribution is 6.07. The third kappa shape index (κ3) is 3.05. The Bertz CT molecular complexity index is 676. The number of allylic oxidation sites excluding steroid dienone is 4. The van der Waals surface area contributed by atoms with E-state index in [4.69, 9.17) is 4.74 Å². The van der Waals surface area contributed by atoms with Crippen LogP contribution in [0, 0.1) is 5.41 Å².